The molecule has 1 aliphatic heterocycles. The first-order chi connectivity index (χ1) is 14.9. The van der Waals surface area contributed by atoms with Crippen LogP contribution in [0.5, 0.6) is 0 Å². The summed E-state index contributed by atoms with van der Waals surface area (Å²) in [6.07, 6.45) is 0. The molecule has 1 unspecified atom stereocenters. The number of carbonyl (C=O) groups is 1. The van der Waals surface area contributed by atoms with Crippen LogP contribution < -0.4 is 5.32 Å². The number of amides is 1. The van der Waals surface area contributed by atoms with Crippen molar-refractivity contribution >= 4 is 21.6 Å². The molecule has 1 aliphatic rings. The van der Waals surface area contributed by atoms with Gasteiger partial charge in [0.15, 0.2) is 17.5 Å². The second kappa shape index (κ2) is 9.14. The quantitative estimate of drug-likeness (QED) is 0.511. The van der Waals surface area contributed by atoms with E-state index in [1.54, 1.807) is 0 Å². The number of rotatable bonds is 5. The van der Waals surface area contributed by atoms with Crippen molar-refractivity contribution in [3.05, 3.63) is 58.9 Å². The van der Waals surface area contributed by atoms with Gasteiger partial charge in [0, 0.05) is 42.0 Å². The van der Waals surface area contributed by atoms with Gasteiger partial charge in [0.05, 0.1) is 23.7 Å². The summed E-state index contributed by atoms with van der Waals surface area (Å²) < 4.78 is 85.9. The molecule has 1 atom stereocenters. The van der Waals surface area contributed by atoms with Gasteiger partial charge in [0.2, 0.25) is 10.0 Å². The zero-order valence-corrected chi connectivity index (χ0v) is 17.7. The zero-order chi connectivity index (χ0) is 23.7. The number of halogens is 4. The lowest BCUT2D eigenvalue weighted by Gasteiger charge is -2.27. The van der Waals surface area contributed by atoms with E-state index >= 15 is 0 Å². The largest absolute Gasteiger partial charge is 0.386 e. The summed E-state index contributed by atoms with van der Waals surface area (Å²) in [6.45, 7) is -0.266. The number of β-amino-alcohol motifs (C(OH)–C–C–N with tert-alkyl or cyclic N) is 1. The third kappa shape index (κ3) is 5.09. The Balaban J connectivity index is 1.95. The molecule has 0 radical (unpaired) electrons. The molecule has 12 heteroatoms. The summed E-state index contributed by atoms with van der Waals surface area (Å²) in [6, 6.07) is 4.28. The van der Waals surface area contributed by atoms with Gasteiger partial charge in [-0.25, -0.2) is 26.0 Å². The van der Waals surface area contributed by atoms with Gasteiger partial charge < -0.3 is 15.2 Å². The molecule has 0 saturated carbocycles. The summed E-state index contributed by atoms with van der Waals surface area (Å²) in [5, 5.41) is 12.4. The fourth-order valence-corrected chi connectivity index (χ4v) is 4.96. The van der Waals surface area contributed by atoms with Crippen molar-refractivity contribution in [3.8, 4) is 0 Å². The summed E-state index contributed by atoms with van der Waals surface area (Å²) in [7, 11) is -4.34. The molecule has 0 bridgehead atoms. The molecule has 7 nitrogen and oxygen atoms in total. The monoisotopic (exact) mass is 476 g/mol. The van der Waals surface area contributed by atoms with Crippen molar-refractivity contribution in [2.45, 2.75) is 24.1 Å². The van der Waals surface area contributed by atoms with Gasteiger partial charge in [-0.15, -0.1) is 0 Å². The smallest absolute Gasteiger partial charge is 0.255 e. The highest BCUT2D eigenvalue weighted by molar-refractivity contribution is 7.89. The minimum Gasteiger partial charge on any atom is -0.386 e. The zero-order valence-electron chi connectivity index (χ0n) is 16.9. The number of aliphatic hydroxyl groups is 1. The van der Waals surface area contributed by atoms with Gasteiger partial charge in [-0.1, -0.05) is 6.07 Å². The van der Waals surface area contributed by atoms with Crippen LogP contribution in [0, 0.1) is 17.5 Å². The van der Waals surface area contributed by atoms with Crippen molar-refractivity contribution in [3.63, 3.8) is 0 Å². The van der Waals surface area contributed by atoms with Crippen LogP contribution in [0.4, 0.5) is 23.2 Å². The number of alkyl halides is 1. The fourth-order valence-electron chi connectivity index (χ4n) is 3.18. The minimum absolute atomic E-state index is 0.00219. The lowest BCUT2D eigenvalue weighted by atomic mass is 10.1. The van der Waals surface area contributed by atoms with Gasteiger partial charge in [-0.2, -0.15) is 4.31 Å². The Kier molecular flexibility index (Phi) is 6.89. The Morgan fingerprint density at radius 2 is 1.88 bits per heavy atom. The van der Waals surface area contributed by atoms with Crippen LogP contribution in [0.1, 0.15) is 22.8 Å². The highest BCUT2D eigenvalue weighted by Gasteiger charge is 2.36. The second-order valence-electron chi connectivity index (χ2n) is 7.55. The maximum absolute atomic E-state index is 13.5. The van der Waals surface area contributed by atoms with E-state index in [1.807, 2.05) is 0 Å². The van der Waals surface area contributed by atoms with Crippen LogP contribution >= 0.6 is 0 Å². The number of nitrogens with zero attached hydrogens (tertiary/aromatic N) is 1. The average Bonchev–Trinajstić information content (AvgIpc) is 2.92. The second-order valence-corrected chi connectivity index (χ2v) is 9.46. The Morgan fingerprint density at radius 3 is 2.50 bits per heavy atom. The van der Waals surface area contributed by atoms with E-state index in [4.69, 9.17) is 4.74 Å². The van der Waals surface area contributed by atoms with Crippen molar-refractivity contribution in [2.75, 3.05) is 31.6 Å². The Morgan fingerprint density at radius 1 is 1.22 bits per heavy atom. The standard InChI is InChI=1S/C20H20F4N2O5S/c1-20(28)10-26(4-5-31-11-20)32(29,30)17-6-12(2-3-13(17)9-21)19(27)25-14-7-15(22)18(24)16(23)8-14/h2-3,6-8,28H,4-5,9-11H2,1H3,(H,25,27). The third-order valence-corrected chi connectivity index (χ3v) is 6.68. The highest BCUT2D eigenvalue weighted by Crippen LogP contribution is 2.26. The number of carbonyl (C=O) groups excluding carboxylic acids is 1. The molecule has 1 saturated heterocycles. The van der Waals surface area contributed by atoms with Crippen molar-refractivity contribution in [1.82, 2.24) is 4.31 Å². The normalized spacial score (nSPS) is 20.1. The van der Waals surface area contributed by atoms with E-state index in [-0.39, 0.29) is 37.4 Å². The Bertz CT molecular complexity index is 1120. The molecule has 0 aromatic heterocycles. The van der Waals surface area contributed by atoms with Crippen LogP contribution in [0.2, 0.25) is 0 Å². The topological polar surface area (TPSA) is 95.9 Å². The number of anilines is 1. The molecule has 1 heterocycles. The summed E-state index contributed by atoms with van der Waals surface area (Å²) in [4.78, 5) is 12.0. The van der Waals surface area contributed by atoms with Crippen molar-refractivity contribution < 1.29 is 40.6 Å². The number of nitrogens with one attached hydrogen (secondary N) is 1. The predicted molar refractivity (Wildman–Crippen MR) is 106 cm³/mol. The number of benzene rings is 2. The Labute approximate surface area is 181 Å². The summed E-state index contributed by atoms with van der Waals surface area (Å²) in [5.74, 6) is -5.71. The van der Waals surface area contributed by atoms with Gasteiger partial charge in [0.25, 0.3) is 5.91 Å². The molecule has 2 aromatic carbocycles. The van der Waals surface area contributed by atoms with Crippen LogP contribution in [0.3, 0.4) is 0 Å². The van der Waals surface area contributed by atoms with E-state index < -0.39 is 56.2 Å². The van der Waals surface area contributed by atoms with E-state index in [0.717, 1.165) is 22.5 Å². The van der Waals surface area contributed by atoms with Crippen molar-refractivity contribution in [2.24, 2.45) is 0 Å². The first kappa shape index (κ1) is 24.1. The molecule has 2 N–H and O–H groups in total. The lowest BCUT2D eigenvalue weighted by molar-refractivity contribution is -0.0174. The molecule has 0 spiro atoms. The van der Waals surface area contributed by atoms with E-state index in [0.29, 0.717) is 12.1 Å². The van der Waals surface area contributed by atoms with Crippen LogP contribution in [-0.2, 0) is 21.4 Å². The van der Waals surface area contributed by atoms with Gasteiger partial charge in [-0.05, 0) is 19.1 Å². The maximum Gasteiger partial charge on any atom is 0.255 e. The van der Waals surface area contributed by atoms with E-state index in [9.17, 15) is 35.9 Å². The molecule has 0 aliphatic carbocycles. The predicted octanol–water partition coefficient (Wildman–Crippen LogP) is 2.60. The Hall–Kier alpha value is -2.54. The average molecular weight is 476 g/mol. The van der Waals surface area contributed by atoms with E-state index in [1.165, 1.54) is 6.92 Å². The highest BCUT2D eigenvalue weighted by atomic mass is 32.2. The van der Waals surface area contributed by atoms with Crippen LogP contribution in [0.25, 0.3) is 0 Å². The van der Waals surface area contributed by atoms with E-state index in [2.05, 4.69) is 5.32 Å². The number of hydrogen-bond acceptors (Lipinski definition) is 5. The van der Waals surface area contributed by atoms with Crippen LogP contribution in [-0.4, -0.2) is 55.6 Å². The van der Waals surface area contributed by atoms with Crippen LogP contribution in [0.15, 0.2) is 35.2 Å². The molecular formula is C20H20F4N2O5S. The van der Waals surface area contributed by atoms with Gasteiger partial charge in [-0.3, -0.25) is 4.79 Å². The van der Waals surface area contributed by atoms with Crippen molar-refractivity contribution in [1.29, 1.82) is 0 Å². The van der Waals surface area contributed by atoms with Gasteiger partial charge >= 0.3 is 0 Å². The molecule has 3 rings (SSSR count). The fraction of sp³-hybridized carbons (Fsp3) is 0.350. The summed E-state index contributed by atoms with van der Waals surface area (Å²) in [5.41, 5.74) is -2.34. The van der Waals surface area contributed by atoms with Gasteiger partial charge in [0.1, 0.15) is 6.67 Å². The number of sulfonamides is 1. The minimum atomic E-state index is -4.34. The number of hydrogen-bond donors (Lipinski definition) is 2. The molecule has 174 valence electrons. The maximum atomic E-state index is 13.5. The summed E-state index contributed by atoms with van der Waals surface area (Å²) >= 11 is 0. The molecule has 1 fully saturated rings. The first-order valence-corrected chi connectivity index (χ1v) is 10.8. The molecule has 2 aromatic rings. The lowest BCUT2D eigenvalue weighted by Crippen LogP contribution is -2.44. The molecular weight excluding hydrogens is 456 g/mol. The SMILES string of the molecule is CC1(O)COCCN(S(=O)(=O)c2cc(C(=O)Nc3cc(F)c(F)c(F)c3)ccc2CF)C1. The third-order valence-electron chi connectivity index (χ3n) is 4.75. The first-order valence-electron chi connectivity index (χ1n) is 9.40. The molecule has 1 amide bonds. The number of ether oxygens (including phenoxy) is 1. The molecule has 32 heavy (non-hydrogen) atoms.